The van der Waals surface area contributed by atoms with Crippen LogP contribution in [0.4, 0.5) is 4.39 Å². The smallest absolute Gasteiger partial charge is 0.222 e. The van der Waals surface area contributed by atoms with E-state index < -0.39 is 5.95 Å². The number of nitrogens with zero attached hydrogens (tertiary/aromatic N) is 2. The third kappa shape index (κ3) is 2.25. The summed E-state index contributed by atoms with van der Waals surface area (Å²) in [6.45, 7) is 9.63. The fourth-order valence-electron chi connectivity index (χ4n) is 1.55. The number of hydrogen-bond acceptors (Lipinski definition) is 3. The summed E-state index contributed by atoms with van der Waals surface area (Å²) in [7, 11) is 0. The highest BCUT2D eigenvalue weighted by Crippen LogP contribution is 2.26. The quantitative estimate of drug-likeness (QED) is 0.597. The van der Waals surface area contributed by atoms with E-state index in [-0.39, 0.29) is 5.92 Å². The van der Waals surface area contributed by atoms with Crippen molar-refractivity contribution >= 4 is 16.7 Å². The number of aromatic nitrogens is 2. The summed E-state index contributed by atoms with van der Waals surface area (Å²) in [5, 5.41) is 0. The van der Waals surface area contributed by atoms with Gasteiger partial charge in [0.25, 0.3) is 0 Å². The first-order valence-corrected chi connectivity index (χ1v) is 5.34. The molecule has 3 nitrogen and oxygen atoms in total. The van der Waals surface area contributed by atoms with Crippen LogP contribution in [0.1, 0.15) is 19.2 Å². The maximum Gasteiger partial charge on any atom is 0.222 e. The van der Waals surface area contributed by atoms with Crippen LogP contribution in [-0.2, 0) is 0 Å². The molecular formula is C13H13FN2O. The van der Waals surface area contributed by atoms with Crippen molar-refractivity contribution in [3.05, 3.63) is 43.3 Å². The Balaban J connectivity index is 2.36. The van der Waals surface area contributed by atoms with Crippen molar-refractivity contribution < 1.29 is 8.81 Å². The van der Waals surface area contributed by atoms with Gasteiger partial charge in [-0.1, -0.05) is 19.6 Å². The maximum atomic E-state index is 12.9. The summed E-state index contributed by atoms with van der Waals surface area (Å²) in [4.78, 5) is 7.75. The molecule has 0 aliphatic heterocycles. The van der Waals surface area contributed by atoms with Gasteiger partial charge in [-0.15, -0.1) is 6.58 Å². The van der Waals surface area contributed by atoms with Crippen molar-refractivity contribution in [1.29, 1.82) is 0 Å². The number of oxazole rings is 1. The van der Waals surface area contributed by atoms with Gasteiger partial charge in [-0.05, 0) is 12.3 Å². The molecule has 0 N–H and O–H groups in total. The molecule has 0 fully saturated rings. The molecule has 0 aliphatic rings. The largest absolute Gasteiger partial charge is 0.436 e. The molecule has 2 aromatic heterocycles. The summed E-state index contributed by atoms with van der Waals surface area (Å²) >= 11 is 0. The molecular weight excluding hydrogens is 219 g/mol. The van der Waals surface area contributed by atoms with E-state index >= 15 is 0 Å². The van der Waals surface area contributed by atoms with E-state index in [1.165, 1.54) is 12.3 Å². The molecule has 0 spiro atoms. The van der Waals surface area contributed by atoms with E-state index in [0.29, 0.717) is 17.0 Å². The Bertz CT molecular complexity index is 574. The van der Waals surface area contributed by atoms with E-state index in [4.69, 9.17) is 4.42 Å². The lowest BCUT2D eigenvalue weighted by Gasteiger charge is -2.07. The second kappa shape index (κ2) is 4.49. The Hall–Kier alpha value is -1.97. The van der Waals surface area contributed by atoms with Crippen molar-refractivity contribution in [2.75, 3.05) is 0 Å². The molecule has 0 aromatic carbocycles. The summed E-state index contributed by atoms with van der Waals surface area (Å²) in [6, 6.07) is 1.22. The minimum absolute atomic E-state index is 0.193. The normalized spacial score (nSPS) is 12.6. The third-order valence-corrected chi connectivity index (χ3v) is 2.63. The number of hydrogen-bond donors (Lipinski definition) is 0. The highest BCUT2D eigenvalue weighted by molar-refractivity contribution is 5.74. The van der Waals surface area contributed by atoms with Gasteiger partial charge >= 0.3 is 0 Å². The monoisotopic (exact) mass is 232 g/mol. The van der Waals surface area contributed by atoms with Gasteiger partial charge in [0.1, 0.15) is 5.52 Å². The number of rotatable bonds is 4. The minimum Gasteiger partial charge on any atom is -0.436 e. The first kappa shape index (κ1) is 11.5. The second-order valence-corrected chi connectivity index (χ2v) is 3.94. The molecule has 0 saturated heterocycles. The summed E-state index contributed by atoms with van der Waals surface area (Å²) in [5.41, 5.74) is 1.70. The maximum absolute atomic E-state index is 12.9. The molecule has 0 radical (unpaired) electrons. The van der Waals surface area contributed by atoms with Gasteiger partial charge < -0.3 is 4.42 Å². The molecule has 2 aromatic rings. The van der Waals surface area contributed by atoms with Gasteiger partial charge in [0.2, 0.25) is 11.8 Å². The zero-order chi connectivity index (χ0) is 12.4. The van der Waals surface area contributed by atoms with Gasteiger partial charge in [-0.3, -0.25) is 0 Å². The Labute approximate surface area is 98.7 Å². The van der Waals surface area contributed by atoms with Crippen LogP contribution in [0.25, 0.3) is 16.7 Å². The van der Waals surface area contributed by atoms with Crippen molar-refractivity contribution in [1.82, 2.24) is 9.97 Å². The highest BCUT2D eigenvalue weighted by Gasteiger charge is 2.14. The minimum atomic E-state index is -0.579. The van der Waals surface area contributed by atoms with Gasteiger partial charge in [0.05, 0.1) is 6.20 Å². The average Bonchev–Trinajstić information content (AvgIpc) is 2.71. The molecule has 0 saturated carbocycles. The number of fused-ring (bicyclic) bond motifs is 1. The van der Waals surface area contributed by atoms with Crippen LogP contribution in [0.15, 0.2) is 35.9 Å². The second-order valence-electron chi connectivity index (χ2n) is 3.94. The van der Waals surface area contributed by atoms with E-state index in [9.17, 15) is 4.39 Å². The lowest BCUT2D eigenvalue weighted by Crippen LogP contribution is -1.96. The lowest BCUT2D eigenvalue weighted by atomic mass is 9.99. The van der Waals surface area contributed by atoms with Crippen LogP contribution < -0.4 is 0 Å². The Morgan fingerprint density at radius 3 is 3.12 bits per heavy atom. The Morgan fingerprint density at radius 1 is 1.65 bits per heavy atom. The predicted octanol–water partition coefficient (Wildman–Crippen LogP) is 3.59. The molecule has 0 amide bonds. The molecule has 17 heavy (non-hydrogen) atoms. The van der Waals surface area contributed by atoms with Crippen LogP contribution in [0.2, 0.25) is 0 Å². The summed E-state index contributed by atoms with van der Waals surface area (Å²) < 4.78 is 18.3. The van der Waals surface area contributed by atoms with Crippen molar-refractivity contribution in [2.24, 2.45) is 5.92 Å². The number of halogens is 1. The average molecular weight is 232 g/mol. The first-order chi connectivity index (χ1) is 8.11. The fourth-order valence-corrected chi connectivity index (χ4v) is 1.55. The molecule has 2 rings (SSSR count). The van der Waals surface area contributed by atoms with Crippen LogP contribution in [0.3, 0.4) is 0 Å². The van der Waals surface area contributed by atoms with Crippen molar-refractivity contribution in [3.8, 4) is 0 Å². The van der Waals surface area contributed by atoms with E-state index in [1.54, 1.807) is 0 Å². The highest BCUT2D eigenvalue weighted by atomic mass is 19.1. The predicted molar refractivity (Wildman–Crippen MR) is 64.8 cm³/mol. The van der Waals surface area contributed by atoms with Gasteiger partial charge in [0.15, 0.2) is 5.58 Å². The zero-order valence-corrected chi connectivity index (χ0v) is 9.61. The first-order valence-electron chi connectivity index (χ1n) is 5.34. The number of allylic oxidation sites excluding steroid dienone is 2. The van der Waals surface area contributed by atoms with Gasteiger partial charge in [0, 0.05) is 11.6 Å². The van der Waals surface area contributed by atoms with E-state index in [0.717, 1.165) is 12.0 Å². The Kier molecular flexibility index (Phi) is 3.04. The lowest BCUT2D eigenvalue weighted by molar-refractivity contribution is 0.555. The van der Waals surface area contributed by atoms with Crippen molar-refractivity contribution in [2.45, 2.75) is 13.3 Å². The standard InChI is InChI=1S/C13H13FN2O/c1-4-5-8(2)9(3)13-16-10-7-15-12(14)6-11(10)17-13/h4,6-8H,1,3,5H2,2H3. The molecule has 1 unspecified atom stereocenters. The van der Waals surface area contributed by atoms with Crippen LogP contribution in [0, 0.1) is 11.9 Å². The molecule has 2 heterocycles. The molecule has 0 aliphatic carbocycles. The summed E-state index contributed by atoms with van der Waals surface area (Å²) in [5.74, 6) is 0.0464. The topological polar surface area (TPSA) is 38.9 Å². The van der Waals surface area contributed by atoms with Crippen LogP contribution in [0.5, 0.6) is 0 Å². The van der Waals surface area contributed by atoms with Gasteiger partial charge in [-0.25, -0.2) is 9.97 Å². The number of pyridine rings is 1. The van der Waals surface area contributed by atoms with Crippen molar-refractivity contribution in [3.63, 3.8) is 0 Å². The van der Waals surface area contributed by atoms with Gasteiger partial charge in [-0.2, -0.15) is 4.39 Å². The molecule has 88 valence electrons. The van der Waals surface area contributed by atoms with E-state index in [2.05, 4.69) is 23.1 Å². The molecule has 1 atom stereocenters. The fraction of sp³-hybridized carbons (Fsp3) is 0.231. The van der Waals surface area contributed by atoms with E-state index in [1.807, 2.05) is 13.0 Å². The Morgan fingerprint density at radius 2 is 2.41 bits per heavy atom. The van der Waals surface area contributed by atoms with Crippen LogP contribution in [-0.4, -0.2) is 9.97 Å². The third-order valence-electron chi connectivity index (χ3n) is 2.63. The zero-order valence-electron chi connectivity index (χ0n) is 9.61. The SMILES string of the molecule is C=CCC(C)C(=C)c1nc2cnc(F)cc2o1. The molecule has 0 bridgehead atoms. The molecule has 4 heteroatoms. The summed E-state index contributed by atoms with van der Waals surface area (Å²) in [6.07, 6.45) is 3.97. The van der Waals surface area contributed by atoms with Crippen LogP contribution >= 0.6 is 0 Å².